The van der Waals surface area contributed by atoms with Crippen molar-refractivity contribution in [2.24, 2.45) is 0 Å². The molecule has 0 spiro atoms. The topological polar surface area (TPSA) is 102 Å². The van der Waals surface area contributed by atoms with E-state index in [1.165, 1.54) is 16.2 Å². The SMILES string of the molecule is CCOc1ccc(/C(O)=C2\C(=O)C(=O)N(c3nc4ccc(OCC)cc4s3)C2c2ccccn2)cc1. The van der Waals surface area contributed by atoms with Gasteiger partial charge in [-0.25, -0.2) is 4.98 Å². The Labute approximate surface area is 211 Å². The van der Waals surface area contributed by atoms with E-state index in [0.717, 1.165) is 4.70 Å². The number of aliphatic hydroxyl groups is 1. The van der Waals surface area contributed by atoms with Gasteiger partial charge >= 0.3 is 5.91 Å². The molecule has 0 aliphatic carbocycles. The maximum atomic E-state index is 13.3. The van der Waals surface area contributed by atoms with Gasteiger partial charge in [-0.05, 0) is 68.4 Å². The summed E-state index contributed by atoms with van der Waals surface area (Å²) < 4.78 is 11.9. The van der Waals surface area contributed by atoms with Gasteiger partial charge in [0.1, 0.15) is 23.3 Å². The summed E-state index contributed by atoms with van der Waals surface area (Å²) in [6, 6.07) is 16.5. The first-order chi connectivity index (χ1) is 17.5. The average molecular weight is 502 g/mol. The van der Waals surface area contributed by atoms with Crippen molar-refractivity contribution < 1.29 is 24.2 Å². The van der Waals surface area contributed by atoms with Crippen molar-refractivity contribution in [3.05, 3.63) is 83.7 Å². The van der Waals surface area contributed by atoms with Crippen molar-refractivity contribution >= 4 is 44.1 Å². The summed E-state index contributed by atoms with van der Waals surface area (Å²) in [5.74, 6) is -0.529. The van der Waals surface area contributed by atoms with Crippen LogP contribution < -0.4 is 14.4 Å². The molecule has 1 unspecified atom stereocenters. The molecule has 1 amide bonds. The second-order valence-electron chi connectivity index (χ2n) is 7.94. The van der Waals surface area contributed by atoms with Crippen LogP contribution in [0.4, 0.5) is 5.13 Å². The highest BCUT2D eigenvalue weighted by Crippen LogP contribution is 2.44. The number of aliphatic hydroxyl groups excluding tert-OH is 1. The van der Waals surface area contributed by atoms with Gasteiger partial charge in [0, 0.05) is 11.8 Å². The summed E-state index contributed by atoms with van der Waals surface area (Å²) in [6.45, 7) is 4.81. The Kier molecular flexibility index (Phi) is 6.39. The van der Waals surface area contributed by atoms with Crippen molar-refractivity contribution in [3.8, 4) is 11.5 Å². The minimum atomic E-state index is -0.940. The number of ketones is 1. The number of rotatable bonds is 7. The molecule has 8 nitrogen and oxygen atoms in total. The van der Waals surface area contributed by atoms with Gasteiger partial charge in [0.05, 0.1) is 34.7 Å². The standard InChI is InChI=1S/C27H23N3O5S/c1-3-34-17-10-8-16(9-11-17)24(31)22-23(20-7-5-6-14-28-20)30(26(33)25(22)32)27-29-19-13-12-18(35-4-2)15-21(19)36-27/h5-15,23,31H,3-4H2,1-2H3/b24-22+. The van der Waals surface area contributed by atoms with Gasteiger partial charge in [0.15, 0.2) is 5.13 Å². The van der Waals surface area contributed by atoms with Crippen LogP contribution in [0.5, 0.6) is 11.5 Å². The van der Waals surface area contributed by atoms with Crippen LogP contribution in [0.2, 0.25) is 0 Å². The van der Waals surface area contributed by atoms with Crippen LogP contribution in [-0.4, -0.2) is 40.0 Å². The normalized spacial score (nSPS) is 17.1. The number of carbonyl (C=O) groups is 2. The average Bonchev–Trinajstić information content (AvgIpc) is 3.43. The Morgan fingerprint density at radius 3 is 2.42 bits per heavy atom. The van der Waals surface area contributed by atoms with Gasteiger partial charge in [-0.1, -0.05) is 17.4 Å². The molecule has 0 bridgehead atoms. The molecule has 1 aliphatic rings. The molecule has 1 N–H and O–H groups in total. The number of aromatic nitrogens is 2. The van der Waals surface area contributed by atoms with Gasteiger partial charge in [-0.3, -0.25) is 19.5 Å². The van der Waals surface area contributed by atoms with E-state index in [2.05, 4.69) is 9.97 Å². The maximum absolute atomic E-state index is 13.3. The van der Waals surface area contributed by atoms with Crippen molar-refractivity contribution in [2.75, 3.05) is 18.1 Å². The minimum Gasteiger partial charge on any atom is -0.507 e. The number of nitrogens with zero attached hydrogens (tertiary/aromatic N) is 3. The number of ether oxygens (including phenoxy) is 2. The van der Waals surface area contributed by atoms with E-state index in [0.29, 0.717) is 46.6 Å². The third kappa shape index (κ3) is 4.18. The number of pyridine rings is 1. The van der Waals surface area contributed by atoms with Crippen LogP contribution in [0.25, 0.3) is 16.0 Å². The van der Waals surface area contributed by atoms with Crippen molar-refractivity contribution in [2.45, 2.75) is 19.9 Å². The number of amides is 1. The molecule has 0 saturated carbocycles. The van der Waals surface area contributed by atoms with Gasteiger partial charge in [-0.15, -0.1) is 0 Å². The zero-order chi connectivity index (χ0) is 25.2. The van der Waals surface area contributed by atoms with Crippen molar-refractivity contribution in [1.29, 1.82) is 0 Å². The van der Waals surface area contributed by atoms with E-state index < -0.39 is 17.7 Å². The first kappa shape index (κ1) is 23.5. The second-order valence-corrected chi connectivity index (χ2v) is 8.95. The Balaban J connectivity index is 1.64. The number of hydrogen-bond acceptors (Lipinski definition) is 8. The molecule has 1 aliphatic heterocycles. The molecule has 1 atom stereocenters. The fourth-order valence-corrected chi connectivity index (χ4v) is 5.15. The lowest BCUT2D eigenvalue weighted by atomic mass is 9.98. The Hall–Kier alpha value is -4.24. The molecule has 4 aromatic rings. The smallest absolute Gasteiger partial charge is 0.301 e. The molecular formula is C27H23N3O5S. The molecule has 9 heteroatoms. The molecular weight excluding hydrogens is 478 g/mol. The highest BCUT2D eigenvalue weighted by atomic mass is 32.1. The van der Waals surface area contributed by atoms with E-state index in [4.69, 9.17) is 9.47 Å². The number of anilines is 1. The number of fused-ring (bicyclic) bond motifs is 1. The molecule has 0 radical (unpaired) electrons. The van der Waals surface area contributed by atoms with Crippen LogP contribution in [0.1, 0.15) is 31.1 Å². The Morgan fingerprint density at radius 2 is 1.72 bits per heavy atom. The first-order valence-electron chi connectivity index (χ1n) is 11.5. The van der Waals surface area contributed by atoms with Crippen LogP contribution in [-0.2, 0) is 9.59 Å². The van der Waals surface area contributed by atoms with E-state index in [1.54, 1.807) is 48.7 Å². The fourth-order valence-electron chi connectivity index (χ4n) is 4.13. The first-order valence-corrected chi connectivity index (χ1v) is 12.3. The van der Waals surface area contributed by atoms with Crippen LogP contribution in [0, 0.1) is 0 Å². The summed E-state index contributed by atoms with van der Waals surface area (Å²) in [7, 11) is 0. The number of hydrogen-bond donors (Lipinski definition) is 1. The fraction of sp³-hybridized carbons (Fsp3) is 0.185. The number of Topliss-reactive ketones (excluding diaryl/α,β-unsaturated/α-hetero) is 1. The number of thiazole rings is 1. The number of benzene rings is 2. The van der Waals surface area contributed by atoms with Crippen LogP contribution in [0.3, 0.4) is 0 Å². The number of carbonyl (C=O) groups excluding carboxylic acids is 2. The predicted molar refractivity (Wildman–Crippen MR) is 137 cm³/mol. The Morgan fingerprint density at radius 1 is 1.00 bits per heavy atom. The zero-order valence-electron chi connectivity index (χ0n) is 19.7. The molecule has 36 heavy (non-hydrogen) atoms. The van der Waals surface area contributed by atoms with Crippen LogP contribution >= 0.6 is 11.3 Å². The largest absolute Gasteiger partial charge is 0.507 e. The van der Waals surface area contributed by atoms with Gasteiger partial charge < -0.3 is 14.6 Å². The monoisotopic (exact) mass is 501 g/mol. The lowest BCUT2D eigenvalue weighted by molar-refractivity contribution is -0.132. The molecule has 2 aromatic carbocycles. The maximum Gasteiger partial charge on any atom is 0.301 e. The third-order valence-corrected chi connectivity index (χ3v) is 6.73. The van der Waals surface area contributed by atoms with Gasteiger partial charge in [-0.2, -0.15) is 0 Å². The summed E-state index contributed by atoms with van der Waals surface area (Å²) in [5, 5.41) is 11.6. The van der Waals surface area contributed by atoms with E-state index in [-0.39, 0.29) is 11.3 Å². The predicted octanol–water partition coefficient (Wildman–Crippen LogP) is 5.12. The molecule has 3 heterocycles. The summed E-state index contributed by atoms with van der Waals surface area (Å²) in [5.41, 5.74) is 1.46. The van der Waals surface area contributed by atoms with Gasteiger partial charge in [0.25, 0.3) is 5.78 Å². The molecule has 5 rings (SSSR count). The molecule has 182 valence electrons. The summed E-state index contributed by atoms with van der Waals surface area (Å²) in [4.78, 5) is 37.0. The highest BCUT2D eigenvalue weighted by Gasteiger charge is 2.48. The summed E-state index contributed by atoms with van der Waals surface area (Å²) >= 11 is 1.27. The molecule has 2 aromatic heterocycles. The minimum absolute atomic E-state index is 0.0443. The lowest BCUT2D eigenvalue weighted by Crippen LogP contribution is -2.29. The third-order valence-electron chi connectivity index (χ3n) is 5.72. The Bertz CT molecular complexity index is 1460. The lowest BCUT2D eigenvalue weighted by Gasteiger charge is -2.21. The van der Waals surface area contributed by atoms with Crippen molar-refractivity contribution in [1.82, 2.24) is 9.97 Å². The van der Waals surface area contributed by atoms with Crippen molar-refractivity contribution in [3.63, 3.8) is 0 Å². The zero-order valence-corrected chi connectivity index (χ0v) is 20.5. The molecule has 1 saturated heterocycles. The summed E-state index contributed by atoms with van der Waals surface area (Å²) in [6.07, 6.45) is 1.58. The van der Waals surface area contributed by atoms with E-state index in [9.17, 15) is 14.7 Å². The molecule has 1 fully saturated rings. The van der Waals surface area contributed by atoms with E-state index in [1.807, 2.05) is 32.0 Å². The second kappa shape index (κ2) is 9.79. The van der Waals surface area contributed by atoms with E-state index >= 15 is 0 Å². The highest BCUT2D eigenvalue weighted by molar-refractivity contribution is 7.22. The quantitative estimate of drug-likeness (QED) is 0.213. The van der Waals surface area contributed by atoms with Gasteiger partial charge in [0.2, 0.25) is 0 Å². The van der Waals surface area contributed by atoms with Crippen LogP contribution in [0.15, 0.2) is 72.4 Å².